The summed E-state index contributed by atoms with van der Waals surface area (Å²) in [5.74, 6) is 1.80. The average molecular weight is 428 g/mol. The molecule has 7 heteroatoms. The molecule has 1 aliphatic rings. The van der Waals surface area contributed by atoms with E-state index in [9.17, 15) is 0 Å². The standard InChI is InChI=1S/C25H29N7/c1-17(18-5-10-28-24(12-18)31-22-6-8-26-9-7-22)30-25-13-21-11-19(3-4-20(21)14-29-25)23-15-27-16-32(23)2/h3-5,10-17,22,26H,6-9H2,1-2H3,(H,28,31)(H,29,30). The Morgan fingerprint density at radius 2 is 1.88 bits per heavy atom. The second-order valence-corrected chi connectivity index (χ2v) is 8.53. The lowest BCUT2D eigenvalue weighted by Crippen LogP contribution is -2.35. The fourth-order valence-electron chi connectivity index (χ4n) is 4.29. The van der Waals surface area contributed by atoms with Crippen molar-refractivity contribution in [1.29, 1.82) is 0 Å². The molecule has 3 aromatic heterocycles. The van der Waals surface area contributed by atoms with Crippen LogP contribution in [0.5, 0.6) is 0 Å². The van der Waals surface area contributed by atoms with Gasteiger partial charge in [-0.25, -0.2) is 15.0 Å². The van der Waals surface area contributed by atoms with Gasteiger partial charge >= 0.3 is 0 Å². The molecule has 1 unspecified atom stereocenters. The number of hydrogen-bond acceptors (Lipinski definition) is 6. The van der Waals surface area contributed by atoms with E-state index in [1.165, 1.54) is 5.56 Å². The van der Waals surface area contributed by atoms with Crippen molar-refractivity contribution in [2.45, 2.75) is 31.8 Å². The van der Waals surface area contributed by atoms with E-state index in [4.69, 9.17) is 0 Å². The maximum absolute atomic E-state index is 4.63. The molecule has 1 saturated heterocycles. The van der Waals surface area contributed by atoms with Gasteiger partial charge in [-0.15, -0.1) is 0 Å². The molecule has 7 nitrogen and oxygen atoms in total. The van der Waals surface area contributed by atoms with Crippen molar-refractivity contribution in [2.24, 2.45) is 7.05 Å². The molecule has 1 aliphatic heterocycles. The Morgan fingerprint density at radius 1 is 1.00 bits per heavy atom. The molecule has 164 valence electrons. The summed E-state index contributed by atoms with van der Waals surface area (Å²) in [5, 5.41) is 12.8. The second kappa shape index (κ2) is 8.96. The summed E-state index contributed by atoms with van der Waals surface area (Å²) in [5.41, 5.74) is 3.42. The van der Waals surface area contributed by atoms with Crippen LogP contribution in [-0.2, 0) is 7.05 Å². The highest BCUT2D eigenvalue weighted by molar-refractivity contribution is 5.88. The van der Waals surface area contributed by atoms with Crippen molar-refractivity contribution in [2.75, 3.05) is 23.7 Å². The van der Waals surface area contributed by atoms with Crippen LogP contribution in [0.1, 0.15) is 31.4 Å². The average Bonchev–Trinajstić information content (AvgIpc) is 3.25. The van der Waals surface area contributed by atoms with Crippen molar-refractivity contribution in [1.82, 2.24) is 24.8 Å². The van der Waals surface area contributed by atoms with E-state index in [0.29, 0.717) is 6.04 Å². The van der Waals surface area contributed by atoms with Crippen LogP contribution in [0.25, 0.3) is 22.0 Å². The number of fused-ring (bicyclic) bond motifs is 1. The van der Waals surface area contributed by atoms with Crippen molar-refractivity contribution in [3.8, 4) is 11.3 Å². The van der Waals surface area contributed by atoms with Gasteiger partial charge in [0.15, 0.2) is 0 Å². The quantitative estimate of drug-likeness (QED) is 0.424. The van der Waals surface area contributed by atoms with Crippen molar-refractivity contribution >= 4 is 22.4 Å². The predicted octanol–water partition coefficient (Wildman–Crippen LogP) is 4.37. The Balaban J connectivity index is 1.33. The second-order valence-electron chi connectivity index (χ2n) is 8.53. The first-order valence-electron chi connectivity index (χ1n) is 11.2. The van der Waals surface area contributed by atoms with Crippen LogP contribution in [0.3, 0.4) is 0 Å². The van der Waals surface area contributed by atoms with Gasteiger partial charge in [-0.3, -0.25) is 0 Å². The zero-order valence-corrected chi connectivity index (χ0v) is 18.5. The smallest absolute Gasteiger partial charge is 0.126 e. The van der Waals surface area contributed by atoms with Gasteiger partial charge in [-0.2, -0.15) is 0 Å². The van der Waals surface area contributed by atoms with Crippen LogP contribution in [0.15, 0.2) is 61.3 Å². The van der Waals surface area contributed by atoms with E-state index >= 15 is 0 Å². The van der Waals surface area contributed by atoms with Crippen LogP contribution >= 0.6 is 0 Å². The molecule has 4 aromatic rings. The molecule has 1 fully saturated rings. The number of imidazole rings is 1. The Kier molecular flexibility index (Phi) is 5.73. The summed E-state index contributed by atoms with van der Waals surface area (Å²) >= 11 is 0. The lowest BCUT2D eigenvalue weighted by Gasteiger charge is -2.24. The number of aryl methyl sites for hydroxylation is 1. The number of rotatable bonds is 6. The minimum Gasteiger partial charge on any atom is -0.367 e. The molecule has 0 saturated carbocycles. The predicted molar refractivity (Wildman–Crippen MR) is 130 cm³/mol. The molecule has 3 N–H and O–H groups in total. The maximum Gasteiger partial charge on any atom is 0.126 e. The van der Waals surface area contributed by atoms with Gasteiger partial charge in [-0.1, -0.05) is 12.1 Å². The van der Waals surface area contributed by atoms with E-state index in [-0.39, 0.29) is 6.04 Å². The minimum atomic E-state index is 0.108. The lowest BCUT2D eigenvalue weighted by atomic mass is 10.1. The first-order valence-corrected chi connectivity index (χ1v) is 11.2. The first-order chi connectivity index (χ1) is 15.7. The molecule has 0 bridgehead atoms. The number of piperidine rings is 1. The third-order valence-electron chi connectivity index (χ3n) is 6.17. The van der Waals surface area contributed by atoms with Gasteiger partial charge in [0, 0.05) is 36.4 Å². The Bertz CT molecular complexity index is 1210. The Hall–Kier alpha value is -3.45. The number of anilines is 2. The number of nitrogens with zero attached hydrogens (tertiary/aromatic N) is 4. The minimum absolute atomic E-state index is 0.108. The molecule has 5 rings (SSSR count). The largest absolute Gasteiger partial charge is 0.367 e. The van der Waals surface area contributed by atoms with Crippen LogP contribution in [-0.4, -0.2) is 38.7 Å². The summed E-state index contributed by atoms with van der Waals surface area (Å²) < 4.78 is 2.03. The molecule has 1 aromatic carbocycles. The molecule has 32 heavy (non-hydrogen) atoms. The SMILES string of the molecule is CC(Nc1cc2cc(-c3cncn3C)ccc2cn1)c1ccnc(NC2CCNCC2)c1. The fourth-order valence-corrected chi connectivity index (χ4v) is 4.29. The van der Waals surface area contributed by atoms with E-state index in [1.54, 1.807) is 0 Å². The highest BCUT2D eigenvalue weighted by Gasteiger charge is 2.14. The van der Waals surface area contributed by atoms with Crippen LogP contribution < -0.4 is 16.0 Å². The van der Waals surface area contributed by atoms with Gasteiger partial charge < -0.3 is 20.5 Å². The van der Waals surface area contributed by atoms with Crippen LogP contribution in [0, 0.1) is 0 Å². The number of aromatic nitrogens is 4. The highest BCUT2D eigenvalue weighted by atomic mass is 15.0. The summed E-state index contributed by atoms with van der Waals surface area (Å²) in [6.07, 6.45) is 9.77. The summed E-state index contributed by atoms with van der Waals surface area (Å²) in [4.78, 5) is 13.4. The third kappa shape index (κ3) is 4.43. The molecule has 0 radical (unpaired) electrons. The van der Waals surface area contributed by atoms with Gasteiger partial charge in [0.1, 0.15) is 11.6 Å². The zero-order chi connectivity index (χ0) is 21.9. The van der Waals surface area contributed by atoms with E-state index in [0.717, 1.165) is 59.6 Å². The summed E-state index contributed by atoms with van der Waals surface area (Å²) in [7, 11) is 2.01. The van der Waals surface area contributed by atoms with Crippen LogP contribution in [0.4, 0.5) is 11.6 Å². The van der Waals surface area contributed by atoms with Crippen LogP contribution in [0.2, 0.25) is 0 Å². The van der Waals surface area contributed by atoms with Crippen molar-refractivity contribution in [3.05, 3.63) is 66.9 Å². The lowest BCUT2D eigenvalue weighted by molar-refractivity contribution is 0.478. The molecule has 0 aliphatic carbocycles. The van der Waals surface area contributed by atoms with E-state index in [1.807, 2.05) is 36.5 Å². The van der Waals surface area contributed by atoms with Gasteiger partial charge in [-0.05, 0) is 68.1 Å². The van der Waals surface area contributed by atoms with Gasteiger partial charge in [0.05, 0.1) is 24.3 Å². The van der Waals surface area contributed by atoms with Gasteiger partial charge in [0.25, 0.3) is 0 Å². The molecule has 1 atom stereocenters. The zero-order valence-electron chi connectivity index (χ0n) is 18.5. The van der Waals surface area contributed by atoms with E-state index < -0.39 is 0 Å². The molecular weight excluding hydrogens is 398 g/mol. The summed E-state index contributed by atoms with van der Waals surface area (Å²) in [6.45, 7) is 4.28. The molecule has 0 amide bonds. The highest BCUT2D eigenvalue weighted by Crippen LogP contribution is 2.27. The first kappa shape index (κ1) is 20.5. The topological polar surface area (TPSA) is 79.7 Å². The van der Waals surface area contributed by atoms with E-state index in [2.05, 4.69) is 74.2 Å². The fraction of sp³-hybridized carbons (Fsp3) is 0.320. The normalized spacial score (nSPS) is 15.6. The Labute approximate surface area is 188 Å². The maximum atomic E-state index is 4.63. The van der Waals surface area contributed by atoms with Crippen molar-refractivity contribution in [3.63, 3.8) is 0 Å². The Morgan fingerprint density at radius 3 is 2.69 bits per heavy atom. The monoisotopic (exact) mass is 427 g/mol. The number of hydrogen-bond donors (Lipinski definition) is 3. The molecular formula is C25H29N7. The third-order valence-corrected chi connectivity index (χ3v) is 6.17. The molecule has 4 heterocycles. The number of pyridine rings is 2. The van der Waals surface area contributed by atoms with Crippen molar-refractivity contribution < 1.29 is 0 Å². The van der Waals surface area contributed by atoms with Gasteiger partial charge in [0.2, 0.25) is 0 Å². The summed E-state index contributed by atoms with van der Waals surface area (Å²) in [6, 6.07) is 13.3. The number of benzene rings is 1. The number of nitrogens with one attached hydrogen (secondary N) is 3. The molecule has 0 spiro atoms.